The molecule has 1 saturated carbocycles. The fourth-order valence-electron chi connectivity index (χ4n) is 1.65. The second-order valence-electron chi connectivity index (χ2n) is 3.07. The van der Waals surface area contributed by atoms with Gasteiger partial charge in [-0.1, -0.05) is 0 Å². The van der Waals surface area contributed by atoms with E-state index in [9.17, 15) is 0 Å². The molecule has 1 saturated heterocycles. The van der Waals surface area contributed by atoms with Crippen LogP contribution in [0.4, 0.5) is 0 Å². The summed E-state index contributed by atoms with van der Waals surface area (Å²) in [5.74, 6) is 0.536. The van der Waals surface area contributed by atoms with Crippen LogP contribution in [0.2, 0.25) is 0 Å². The smallest absolute Gasteiger partial charge is 0.0845 e. The molecule has 1 N–H and O–H groups in total. The molecule has 3 atom stereocenters. The van der Waals surface area contributed by atoms with Gasteiger partial charge in [-0.15, -0.1) is 0 Å². The highest BCUT2D eigenvalue weighted by Gasteiger charge is 2.43. The molecule has 1 heterocycles. The lowest BCUT2D eigenvalue weighted by molar-refractivity contribution is 0.197. The van der Waals surface area contributed by atoms with Gasteiger partial charge in [0.15, 0.2) is 0 Å². The van der Waals surface area contributed by atoms with Crippen molar-refractivity contribution in [1.82, 2.24) is 0 Å². The minimum absolute atomic E-state index is 0.354. The zero-order chi connectivity index (χ0) is 6.27. The molecular formula is C7H12O2. The summed E-state index contributed by atoms with van der Waals surface area (Å²) in [6.07, 6.45) is 4.54. The summed E-state index contributed by atoms with van der Waals surface area (Å²) in [6.45, 7) is 0.354. The molecule has 2 heteroatoms. The van der Waals surface area contributed by atoms with Gasteiger partial charge in [0.05, 0.1) is 12.2 Å². The minimum Gasteiger partial charge on any atom is -0.396 e. The summed E-state index contributed by atoms with van der Waals surface area (Å²) in [4.78, 5) is 0. The lowest BCUT2D eigenvalue weighted by atomic mass is 9.90. The van der Waals surface area contributed by atoms with Gasteiger partial charge in [0, 0.05) is 6.61 Å². The largest absolute Gasteiger partial charge is 0.396 e. The van der Waals surface area contributed by atoms with E-state index in [1.54, 1.807) is 0 Å². The molecule has 0 radical (unpaired) electrons. The Hall–Kier alpha value is -0.0800. The molecule has 2 unspecified atom stereocenters. The number of hydrogen-bond acceptors (Lipinski definition) is 2. The number of epoxide rings is 1. The van der Waals surface area contributed by atoms with E-state index in [1.807, 2.05) is 0 Å². The molecule has 2 nitrogen and oxygen atoms in total. The molecule has 0 amide bonds. The van der Waals surface area contributed by atoms with Crippen molar-refractivity contribution in [3.05, 3.63) is 0 Å². The van der Waals surface area contributed by atoms with Gasteiger partial charge in [0.2, 0.25) is 0 Å². The van der Waals surface area contributed by atoms with E-state index in [0.717, 1.165) is 12.8 Å². The number of fused-ring (bicyclic) bond motifs is 1. The minimum atomic E-state index is 0.354. The maximum atomic E-state index is 8.77. The van der Waals surface area contributed by atoms with Gasteiger partial charge in [0.25, 0.3) is 0 Å². The summed E-state index contributed by atoms with van der Waals surface area (Å²) in [6, 6.07) is 0. The molecule has 0 aromatic heterocycles. The van der Waals surface area contributed by atoms with Gasteiger partial charge in [-0.05, 0) is 25.2 Å². The Morgan fingerprint density at radius 2 is 2.22 bits per heavy atom. The zero-order valence-electron chi connectivity index (χ0n) is 5.42. The number of aliphatic hydroxyl groups excluding tert-OH is 1. The number of rotatable bonds is 1. The fraction of sp³-hybridized carbons (Fsp3) is 1.00. The monoisotopic (exact) mass is 128 g/mol. The lowest BCUT2D eigenvalue weighted by Gasteiger charge is -2.14. The third-order valence-corrected chi connectivity index (χ3v) is 2.37. The van der Waals surface area contributed by atoms with Gasteiger partial charge in [-0.2, -0.15) is 0 Å². The van der Waals surface area contributed by atoms with Crippen molar-refractivity contribution in [3.63, 3.8) is 0 Å². The average Bonchev–Trinajstić information content (AvgIpc) is 2.64. The van der Waals surface area contributed by atoms with Gasteiger partial charge >= 0.3 is 0 Å². The standard InChI is InChI=1S/C7H12O2/c8-4-5-1-2-6-7(3-5)9-6/h5-8H,1-4H2/t5?,6-,7?/m0/s1. The van der Waals surface area contributed by atoms with Crippen LogP contribution in [0, 0.1) is 5.92 Å². The predicted molar refractivity (Wildman–Crippen MR) is 33.1 cm³/mol. The van der Waals surface area contributed by atoms with E-state index < -0.39 is 0 Å². The Labute approximate surface area is 54.8 Å². The topological polar surface area (TPSA) is 32.8 Å². The normalized spacial score (nSPS) is 48.3. The molecule has 2 rings (SSSR count). The molecule has 1 aliphatic heterocycles. The van der Waals surface area contributed by atoms with Crippen molar-refractivity contribution >= 4 is 0 Å². The van der Waals surface area contributed by atoms with Crippen LogP contribution in [0.15, 0.2) is 0 Å². The molecule has 9 heavy (non-hydrogen) atoms. The van der Waals surface area contributed by atoms with Crippen LogP contribution in [0.1, 0.15) is 19.3 Å². The van der Waals surface area contributed by atoms with E-state index in [2.05, 4.69) is 0 Å². The number of aliphatic hydroxyl groups is 1. The lowest BCUT2D eigenvalue weighted by Crippen LogP contribution is -2.16. The number of hydrogen-bond donors (Lipinski definition) is 1. The SMILES string of the molecule is OCC1CC[C@@H]2OC2C1. The maximum Gasteiger partial charge on any atom is 0.0845 e. The quantitative estimate of drug-likeness (QED) is 0.523. The molecule has 1 aliphatic carbocycles. The molecule has 2 aliphatic rings. The fourth-order valence-corrected chi connectivity index (χ4v) is 1.65. The summed E-state index contributed by atoms with van der Waals surface area (Å²) in [5, 5.41) is 8.77. The van der Waals surface area contributed by atoms with Gasteiger partial charge in [0.1, 0.15) is 0 Å². The predicted octanol–water partition coefficient (Wildman–Crippen LogP) is 0.546. The van der Waals surface area contributed by atoms with Crippen LogP contribution in [0.25, 0.3) is 0 Å². The molecule has 52 valence electrons. The Morgan fingerprint density at radius 3 is 2.89 bits per heavy atom. The van der Waals surface area contributed by atoms with Crippen LogP contribution < -0.4 is 0 Å². The van der Waals surface area contributed by atoms with Crippen molar-refractivity contribution in [2.45, 2.75) is 31.5 Å². The summed E-state index contributed by atoms with van der Waals surface area (Å²) >= 11 is 0. The Morgan fingerprint density at radius 1 is 1.33 bits per heavy atom. The average molecular weight is 128 g/mol. The van der Waals surface area contributed by atoms with Crippen LogP contribution in [0.5, 0.6) is 0 Å². The Kier molecular flexibility index (Phi) is 1.24. The molecule has 0 aromatic carbocycles. The van der Waals surface area contributed by atoms with Crippen molar-refractivity contribution < 1.29 is 9.84 Å². The van der Waals surface area contributed by atoms with E-state index >= 15 is 0 Å². The van der Waals surface area contributed by atoms with Crippen LogP contribution in [-0.2, 0) is 4.74 Å². The highest BCUT2D eigenvalue weighted by molar-refractivity contribution is 4.91. The second-order valence-corrected chi connectivity index (χ2v) is 3.07. The van der Waals surface area contributed by atoms with Gasteiger partial charge in [-0.25, -0.2) is 0 Å². The van der Waals surface area contributed by atoms with E-state index in [0.29, 0.717) is 24.7 Å². The molecule has 0 aromatic rings. The van der Waals surface area contributed by atoms with Crippen molar-refractivity contribution in [2.75, 3.05) is 6.61 Å². The van der Waals surface area contributed by atoms with E-state index in [4.69, 9.17) is 9.84 Å². The zero-order valence-corrected chi connectivity index (χ0v) is 5.42. The van der Waals surface area contributed by atoms with Gasteiger partial charge in [-0.3, -0.25) is 0 Å². The summed E-state index contributed by atoms with van der Waals surface area (Å²) in [5.41, 5.74) is 0. The third-order valence-electron chi connectivity index (χ3n) is 2.37. The van der Waals surface area contributed by atoms with Gasteiger partial charge < -0.3 is 9.84 Å². The maximum absolute atomic E-state index is 8.77. The highest BCUT2D eigenvalue weighted by atomic mass is 16.6. The van der Waals surface area contributed by atoms with E-state index in [1.165, 1.54) is 6.42 Å². The second kappa shape index (κ2) is 1.96. The Bertz CT molecular complexity index is 113. The first-order chi connectivity index (χ1) is 4.40. The molecular weight excluding hydrogens is 116 g/mol. The van der Waals surface area contributed by atoms with Crippen LogP contribution in [0.3, 0.4) is 0 Å². The molecule has 0 spiro atoms. The van der Waals surface area contributed by atoms with Crippen molar-refractivity contribution in [2.24, 2.45) is 5.92 Å². The first-order valence-corrected chi connectivity index (χ1v) is 3.66. The highest BCUT2D eigenvalue weighted by Crippen LogP contribution is 2.38. The first-order valence-electron chi connectivity index (χ1n) is 3.66. The molecule has 0 bridgehead atoms. The summed E-state index contributed by atoms with van der Waals surface area (Å²) in [7, 11) is 0. The number of ether oxygens (including phenoxy) is 1. The van der Waals surface area contributed by atoms with Crippen molar-refractivity contribution in [3.8, 4) is 0 Å². The van der Waals surface area contributed by atoms with Crippen LogP contribution >= 0.6 is 0 Å². The molecule has 2 fully saturated rings. The van der Waals surface area contributed by atoms with Crippen molar-refractivity contribution in [1.29, 1.82) is 0 Å². The first kappa shape index (κ1) is 5.69. The Balaban J connectivity index is 1.86. The van der Waals surface area contributed by atoms with Crippen LogP contribution in [-0.4, -0.2) is 23.9 Å². The van der Waals surface area contributed by atoms with E-state index in [-0.39, 0.29) is 0 Å². The summed E-state index contributed by atoms with van der Waals surface area (Å²) < 4.78 is 5.30. The third kappa shape index (κ3) is 0.970.